The van der Waals surface area contributed by atoms with Crippen molar-refractivity contribution >= 4 is 11.9 Å². The average molecular weight is 248 g/mol. The monoisotopic (exact) mass is 248 g/mol. The zero-order valence-electron chi connectivity index (χ0n) is 10.7. The molecule has 0 heterocycles. The van der Waals surface area contributed by atoms with Crippen LogP contribution in [0.25, 0.3) is 0 Å². The highest BCUT2D eigenvalue weighted by atomic mass is 16.4. The minimum Gasteiger partial charge on any atom is -0.411 e. The number of benzene rings is 1. The highest BCUT2D eigenvalue weighted by Gasteiger charge is 2.01. The smallest absolute Gasteiger partial charge is 0.131 e. The summed E-state index contributed by atoms with van der Waals surface area (Å²) in [5.74, 6) is 0. The molecular formula is C14H20N2O2. The van der Waals surface area contributed by atoms with Crippen molar-refractivity contribution in [2.75, 3.05) is 0 Å². The molecule has 0 atom stereocenters. The van der Waals surface area contributed by atoms with E-state index in [1.165, 1.54) is 31.2 Å². The van der Waals surface area contributed by atoms with E-state index in [9.17, 15) is 0 Å². The number of unbranched alkanes of at least 4 members (excludes halogenated alkanes) is 3. The summed E-state index contributed by atoms with van der Waals surface area (Å²) in [6.45, 7) is 2.20. The fraction of sp³-hybridized carbons (Fsp3) is 0.429. The van der Waals surface area contributed by atoms with Crippen LogP contribution in [0.15, 0.2) is 34.6 Å². The van der Waals surface area contributed by atoms with Crippen LogP contribution in [-0.2, 0) is 6.42 Å². The highest BCUT2D eigenvalue weighted by Crippen LogP contribution is 2.10. The second-order valence-corrected chi connectivity index (χ2v) is 4.24. The van der Waals surface area contributed by atoms with Gasteiger partial charge in [-0.05, 0) is 18.4 Å². The van der Waals surface area contributed by atoms with Gasteiger partial charge in [0.15, 0.2) is 0 Å². The molecule has 0 aliphatic carbocycles. The molecule has 0 saturated carbocycles. The van der Waals surface area contributed by atoms with Crippen molar-refractivity contribution in [3.05, 3.63) is 35.4 Å². The van der Waals surface area contributed by atoms with E-state index in [1.807, 2.05) is 24.3 Å². The molecule has 0 aliphatic rings. The van der Waals surface area contributed by atoms with E-state index in [1.54, 1.807) is 0 Å². The molecule has 0 saturated heterocycles. The first-order chi connectivity index (χ1) is 8.81. The number of oxime groups is 2. The van der Waals surface area contributed by atoms with Gasteiger partial charge in [-0.15, -0.1) is 0 Å². The van der Waals surface area contributed by atoms with Crippen LogP contribution < -0.4 is 0 Å². The van der Waals surface area contributed by atoms with Crippen molar-refractivity contribution < 1.29 is 10.4 Å². The Bertz CT molecular complexity index is 397. The molecule has 0 spiro atoms. The molecule has 2 N–H and O–H groups in total. The van der Waals surface area contributed by atoms with E-state index in [0.29, 0.717) is 0 Å². The van der Waals surface area contributed by atoms with Crippen molar-refractivity contribution in [3.63, 3.8) is 0 Å². The lowest BCUT2D eigenvalue weighted by Crippen LogP contribution is -2.02. The maximum absolute atomic E-state index is 8.77. The van der Waals surface area contributed by atoms with Crippen molar-refractivity contribution in [1.29, 1.82) is 0 Å². The quantitative estimate of drug-likeness (QED) is 0.336. The Morgan fingerprint density at radius 1 is 1.11 bits per heavy atom. The van der Waals surface area contributed by atoms with Crippen LogP contribution in [-0.4, -0.2) is 22.3 Å². The second kappa shape index (κ2) is 8.28. The minimum atomic E-state index is 0.245. The number of hydrogen-bond donors (Lipinski definition) is 2. The third-order valence-corrected chi connectivity index (χ3v) is 2.86. The van der Waals surface area contributed by atoms with E-state index in [-0.39, 0.29) is 5.71 Å². The number of aryl methyl sites for hydroxylation is 1. The Balaban J connectivity index is 2.57. The summed E-state index contributed by atoms with van der Waals surface area (Å²) in [5, 5.41) is 23.1. The molecule has 4 nitrogen and oxygen atoms in total. The van der Waals surface area contributed by atoms with Crippen LogP contribution in [0.3, 0.4) is 0 Å². The summed E-state index contributed by atoms with van der Waals surface area (Å²) in [7, 11) is 0. The summed E-state index contributed by atoms with van der Waals surface area (Å²) in [6, 6.07) is 7.76. The zero-order chi connectivity index (χ0) is 13.2. The summed E-state index contributed by atoms with van der Waals surface area (Å²) in [5.41, 5.74) is 2.25. The lowest BCUT2D eigenvalue weighted by molar-refractivity contribution is 0.316. The van der Waals surface area contributed by atoms with Gasteiger partial charge < -0.3 is 10.4 Å². The second-order valence-electron chi connectivity index (χ2n) is 4.24. The number of nitrogens with zero attached hydrogens (tertiary/aromatic N) is 2. The Morgan fingerprint density at radius 2 is 1.83 bits per heavy atom. The molecule has 0 bridgehead atoms. The van der Waals surface area contributed by atoms with Crippen LogP contribution in [0.2, 0.25) is 0 Å². The van der Waals surface area contributed by atoms with Gasteiger partial charge in [0.25, 0.3) is 0 Å². The van der Waals surface area contributed by atoms with Gasteiger partial charge in [-0.2, -0.15) is 0 Å². The Hall–Kier alpha value is -1.84. The molecule has 4 heteroatoms. The third-order valence-electron chi connectivity index (χ3n) is 2.86. The van der Waals surface area contributed by atoms with Gasteiger partial charge in [0.1, 0.15) is 5.71 Å². The van der Waals surface area contributed by atoms with Crippen molar-refractivity contribution in [2.45, 2.75) is 39.0 Å². The first-order valence-electron chi connectivity index (χ1n) is 6.30. The molecule has 18 heavy (non-hydrogen) atoms. The zero-order valence-corrected chi connectivity index (χ0v) is 10.7. The van der Waals surface area contributed by atoms with Crippen molar-refractivity contribution in [3.8, 4) is 0 Å². The van der Waals surface area contributed by atoms with E-state index in [2.05, 4.69) is 17.2 Å². The van der Waals surface area contributed by atoms with Gasteiger partial charge in [-0.1, -0.05) is 60.8 Å². The molecular weight excluding hydrogens is 228 g/mol. The number of rotatable bonds is 7. The number of hydrogen-bond acceptors (Lipinski definition) is 4. The summed E-state index contributed by atoms with van der Waals surface area (Å²) >= 11 is 0. The molecule has 1 aromatic carbocycles. The maximum atomic E-state index is 8.77. The molecule has 0 aromatic heterocycles. The van der Waals surface area contributed by atoms with E-state index in [0.717, 1.165) is 18.2 Å². The van der Waals surface area contributed by atoms with Crippen LogP contribution >= 0.6 is 0 Å². The van der Waals surface area contributed by atoms with Crippen molar-refractivity contribution in [1.82, 2.24) is 0 Å². The van der Waals surface area contributed by atoms with Gasteiger partial charge in [0, 0.05) is 5.56 Å². The van der Waals surface area contributed by atoms with Crippen LogP contribution in [0.5, 0.6) is 0 Å². The molecule has 0 amide bonds. The van der Waals surface area contributed by atoms with Crippen LogP contribution in [0.4, 0.5) is 0 Å². The topological polar surface area (TPSA) is 65.2 Å². The Kier molecular flexibility index (Phi) is 6.54. The first-order valence-corrected chi connectivity index (χ1v) is 6.30. The molecule has 98 valence electrons. The first kappa shape index (κ1) is 14.2. The van der Waals surface area contributed by atoms with Crippen LogP contribution in [0, 0.1) is 0 Å². The van der Waals surface area contributed by atoms with Gasteiger partial charge in [0.05, 0.1) is 6.21 Å². The van der Waals surface area contributed by atoms with E-state index >= 15 is 0 Å². The fourth-order valence-electron chi connectivity index (χ4n) is 1.81. The van der Waals surface area contributed by atoms with E-state index in [4.69, 9.17) is 10.4 Å². The normalized spacial score (nSPS) is 12.2. The van der Waals surface area contributed by atoms with Gasteiger partial charge in [-0.3, -0.25) is 0 Å². The predicted molar refractivity (Wildman–Crippen MR) is 72.9 cm³/mol. The fourth-order valence-corrected chi connectivity index (χ4v) is 1.81. The maximum Gasteiger partial charge on any atom is 0.131 e. The highest BCUT2D eigenvalue weighted by molar-refractivity contribution is 6.37. The molecule has 0 fully saturated rings. The Morgan fingerprint density at radius 3 is 2.39 bits per heavy atom. The largest absolute Gasteiger partial charge is 0.411 e. The SMILES string of the molecule is CCCCCCc1ccc(C(C=NO)=NO)cc1. The lowest BCUT2D eigenvalue weighted by atomic mass is 10.0. The third kappa shape index (κ3) is 4.57. The van der Waals surface area contributed by atoms with Crippen molar-refractivity contribution in [2.24, 2.45) is 10.3 Å². The standard InChI is InChI=1S/C14H20N2O2/c1-2-3-4-5-6-12-7-9-13(10-8-12)14(16-18)11-15-17/h7-11,17-18H,2-6H2,1H3. The molecule has 1 aromatic rings. The molecule has 0 aliphatic heterocycles. The minimum absolute atomic E-state index is 0.245. The van der Waals surface area contributed by atoms with Gasteiger partial charge in [-0.25, -0.2) is 0 Å². The lowest BCUT2D eigenvalue weighted by Gasteiger charge is -2.03. The summed E-state index contributed by atoms with van der Waals surface area (Å²) in [6.07, 6.45) is 7.17. The molecule has 0 radical (unpaired) electrons. The van der Waals surface area contributed by atoms with Gasteiger partial charge >= 0.3 is 0 Å². The van der Waals surface area contributed by atoms with E-state index < -0.39 is 0 Å². The predicted octanol–water partition coefficient (Wildman–Crippen LogP) is 3.45. The van der Waals surface area contributed by atoms with Gasteiger partial charge in [0.2, 0.25) is 0 Å². The summed E-state index contributed by atoms with van der Waals surface area (Å²) < 4.78 is 0. The molecule has 1 rings (SSSR count). The average Bonchev–Trinajstić information content (AvgIpc) is 2.42. The van der Waals surface area contributed by atoms with Crippen LogP contribution in [0.1, 0.15) is 43.7 Å². The Labute approximate surface area is 108 Å². The summed E-state index contributed by atoms with van der Waals surface area (Å²) in [4.78, 5) is 0. The molecule has 0 unspecified atom stereocenters.